The summed E-state index contributed by atoms with van der Waals surface area (Å²) in [6, 6.07) is 6.01. The van der Waals surface area contributed by atoms with Crippen LogP contribution in [0.5, 0.6) is 11.5 Å². The number of nitrogens with zero attached hydrogens (tertiary/aromatic N) is 3. The number of benzene rings is 1. The van der Waals surface area contributed by atoms with Gasteiger partial charge < -0.3 is 19.8 Å². The lowest BCUT2D eigenvalue weighted by Crippen LogP contribution is -2.35. The van der Waals surface area contributed by atoms with Gasteiger partial charge in [-0.15, -0.1) is 0 Å². The van der Waals surface area contributed by atoms with E-state index in [4.69, 9.17) is 14.7 Å². The molecule has 3 N–H and O–H groups in total. The Bertz CT molecular complexity index is 1070. The van der Waals surface area contributed by atoms with Crippen molar-refractivity contribution >= 4 is 28.5 Å². The summed E-state index contributed by atoms with van der Waals surface area (Å²) in [6.07, 6.45) is 11.9. The zero-order valence-electron chi connectivity index (χ0n) is 23.8. The molecule has 1 aliphatic heterocycles. The Labute approximate surface area is 240 Å². The fourth-order valence-corrected chi connectivity index (χ4v) is 6.04. The molecule has 0 spiro atoms. The molecule has 39 heavy (non-hydrogen) atoms. The Morgan fingerprint density at radius 3 is 2.74 bits per heavy atom. The van der Waals surface area contributed by atoms with Gasteiger partial charge >= 0.3 is 0 Å². The standard InChI is InChI=1S/C18H28O3S.C10H16N6S/c1-3-4-5-6-7-8-11-22(19)15(2)12-16-9-10-17-18(13-16)21-14-20-17;1-8-9(16-7-15-8)5-17-4-3-13-10(12-2)14-6-11/h9-10,13,15H,3-8,11-12,14H2,1-2H3;7H,3-5H2,1-2H3,(H,15,16)(H2,12,13,14). The Morgan fingerprint density at radius 2 is 2.03 bits per heavy atom. The second kappa shape index (κ2) is 19.4. The molecule has 1 aliphatic rings. The van der Waals surface area contributed by atoms with Gasteiger partial charge in [-0.1, -0.05) is 52.0 Å². The number of aromatic nitrogens is 2. The van der Waals surface area contributed by atoms with Crippen LogP contribution in [0.25, 0.3) is 0 Å². The number of thioether (sulfide) groups is 1. The first-order chi connectivity index (χ1) is 19.0. The number of guanidine groups is 1. The summed E-state index contributed by atoms with van der Waals surface area (Å²) in [7, 11) is 0.889. The summed E-state index contributed by atoms with van der Waals surface area (Å²) in [4.78, 5) is 11.2. The molecule has 216 valence electrons. The number of hydrogen-bond acceptors (Lipinski definition) is 7. The molecule has 0 fully saturated rings. The highest BCUT2D eigenvalue weighted by Gasteiger charge is 2.16. The van der Waals surface area contributed by atoms with Gasteiger partial charge in [0.25, 0.3) is 0 Å². The number of aryl methyl sites for hydroxylation is 1. The van der Waals surface area contributed by atoms with E-state index in [1.165, 1.54) is 37.7 Å². The number of H-pyrrole nitrogens is 1. The Hall–Kier alpha value is -2.71. The van der Waals surface area contributed by atoms with Crippen molar-refractivity contribution in [2.75, 3.05) is 31.9 Å². The number of ether oxygens (including phenoxy) is 2. The molecular formula is C28H44N6O3S2. The molecule has 1 aromatic carbocycles. The molecule has 0 saturated heterocycles. The summed E-state index contributed by atoms with van der Waals surface area (Å²) in [5, 5.41) is 14.1. The minimum Gasteiger partial charge on any atom is -0.454 e. The number of rotatable bonds is 15. The third-order valence-corrected chi connectivity index (χ3v) is 8.94. The summed E-state index contributed by atoms with van der Waals surface area (Å²) in [5.41, 5.74) is 3.38. The van der Waals surface area contributed by atoms with Gasteiger partial charge in [-0.25, -0.2) is 4.98 Å². The second-order valence-electron chi connectivity index (χ2n) is 9.32. The highest BCUT2D eigenvalue weighted by atomic mass is 32.2. The van der Waals surface area contributed by atoms with Crippen LogP contribution in [0.3, 0.4) is 0 Å². The number of aromatic amines is 1. The quantitative estimate of drug-likeness (QED) is 0.0884. The third kappa shape index (κ3) is 12.8. The molecule has 9 nitrogen and oxygen atoms in total. The van der Waals surface area contributed by atoms with Crippen LogP contribution < -0.4 is 20.1 Å². The van der Waals surface area contributed by atoms with E-state index in [0.717, 1.165) is 59.5 Å². The van der Waals surface area contributed by atoms with E-state index < -0.39 is 10.8 Å². The SMILES string of the molecule is CCCCCCCCS(=O)C(C)Cc1ccc2c(c1)OCO2.CN=C(NC#N)NCCSCc1nc[nH]c1C. The number of aliphatic imine (C=N–C) groups is 1. The highest BCUT2D eigenvalue weighted by molar-refractivity contribution is 7.98. The van der Waals surface area contributed by atoms with Crippen LogP contribution >= 0.6 is 11.8 Å². The first-order valence-corrected chi connectivity index (χ1v) is 16.2. The number of imidazole rings is 1. The topological polar surface area (TPSA) is 124 Å². The first-order valence-electron chi connectivity index (χ1n) is 13.7. The molecule has 2 heterocycles. The summed E-state index contributed by atoms with van der Waals surface area (Å²) in [6.45, 7) is 7.39. The van der Waals surface area contributed by atoms with E-state index in [0.29, 0.717) is 12.8 Å². The van der Waals surface area contributed by atoms with Gasteiger partial charge in [-0.05, 0) is 37.5 Å². The molecule has 3 rings (SSSR count). The lowest BCUT2D eigenvalue weighted by atomic mass is 10.1. The monoisotopic (exact) mass is 576 g/mol. The van der Waals surface area contributed by atoms with Gasteiger partial charge in [0.1, 0.15) is 0 Å². The number of nitriles is 1. The Balaban J connectivity index is 0.000000283. The van der Waals surface area contributed by atoms with E-state index in [-0.39, 0.29) is 5.25 Å². The molecule has 2 aromatic rings. The van der Waals surface area contributed by atoms with Gasteiger partial charge in [0.15, 0.2) is 17.7 Å². The van der Waals surface area contributed by atoms with Crippen molar-refractivity contribution in [3.63, 3.8) is 0 Å². The van der Waals surface area contributed by atoms with Gasteiger partial charge in [-0.3, -0.25) is 14.5 Å². The fourth-order valence-electron chi connectivity index (χ4n) is 3.89. The third-order valence-electron chi connectivity index (χ3n) is 6.22. The predicted octanol–water partition coefficient (Wildman–Crippen LogP) is 5.05. The first kappa shape index (κ1) is 32.5. The average Bonchev–Trinajstić information content (AvgIpc) is 3.58. The fraction of sp³-hybridized carbons (Fsp3) is 0.607. The average molecular weight is 577 g/mol. The number of hydrogen-bond donors (Lipinski definition) is 3. The van der Waals surface area contributed by atoms with Crippen molar-refractivity contribution in [2.45, 2.75) is 76.7 Å². The van der Waals surface area contributed by atoms with Gasteiger partial charge in [-0.2, -0.15) is 17.0 Å². The maximum absolute atomic E-state index is 12.3. The van der Waals surface area contributed by atoms with Gasteiger partial charge in [0.05, 0.1) is 12.0 Å². The largest absolute Gasteiger partial charge is 0.454 e. The van der Waals surface area contributed by atoms with Crippen molar-refractivity contribution in [2.24, 2.45) is 4.99 Å². The predicted molar refractivity (Wildman–Crippen MR) is 162 cm³/mol. The van der Waals surface area contributed by atoms with E-state index in [1.54, 1.807) is 25.1 Å². The molecule has 0 radical (unpaired) electrons. The Kier molecular flexibility index (Phi) is 16.1. The summed E-state index contributed by atoms with van der Waals surface area (Å²) in [5.74, 6) is 4.78. The zero-order chi connectivity index (χ0) is 28.3. The summed E-state index contributed by atoms with van der Waals surface area (Å²) >= 11 is 1.79. The second-order valence-corrected chi connectivity index (χ2v) is 12.4. The maximum atomic E-state index is 12.3. The van der Waals surface area contributed by atoms with E-state index >= 15 is 0 Å². The maximum Gasteiger partial charge on any atom is 0.231 e. The minimum atomic E-state index is -0.743. The molecule has 0 aliphatic carbocycles. The lowest BCUT2D eigenvalue weighted by molar-refractivity contribution is 0.174. The Morgan fingerprint density at radius 1 is 1.26 bits per heavy atom. The van der Waals surface area contributed by atoms with Gasteiger partial charge in [0.2, 0.25) is 12.8 Å². The molecule has 2 unspecified atom stereocenters. The van der Waals surface area contributed by atoms with Crippen molar-refractivity contribution in [1.29, 1.82) is 5.26 Å². The van der Waals surface area contributed by atoms with Crippen molar-refractivity contribution in [3.8, 4) is 17.7 Å². The van der Waals surface area contributed by atoms with E-state index in [2.05, 4.69) is 39.4 Å². The number of fused-ring (bicyclic) bond motifs is 1. The van der Waals surface area contributed by atoms with Crippen molar-refractivity contribution in [1.82, 2.24) is 20.6 Å². The number of unbranched alkanes of at least 4 members (excludes halogenated alkanes) is 5. The van der Waals surface area contributed by atoms with Crippen LogP contribution in [-0.2, 0) is 23.0 Å². The molecule has 0 saturated carbocycles. The molecular weight excluding hydrogens is 532 g/mol. The summed E-state index contributed by atoms with van der Waals surface area (Å²) < 4.78 is 23.0. The normalized spacial score (nSPS) is 13.7. The van der Waals surface area contributed by atoms with E-state index in [9.17, 15) is 4.21 Å². The van der Waals surface area contributed by atoms with Crippen molar-refractivity contribution in [3.05, 3.63) is 41.5 Å². The van der Waals surface area contributed by atoms with Crippen LogP contribution in [0.2, 0.25) is 0 Å². The molecule has 0 amide bonds. The zero-order valence-corrected chi connectivity index (χ0v) is 25.4. The molecule has 1 aromatic heterocycles. The van der Waals surface area contributed by atoms with Crippen LogP contribution in [0.4, 0.5) is 0 Å². The highest BCUT2D eigenvalue weighted by Crippen LogP contribution is 2.33. The van der Waals surface area contributed by atoms with Crippen LogP contribution in [0.15, 0.2) is 29.5 Å². The van der Waals surface area contributed by atoms with Crippen LogP contribution in [0, 0.1) is 18.4 Å². The smallest absolute Gasteiger partial charge is 0.231 e. The molecule has 11 heteroatoms. The molecule has 0 bridgehead atoms. The van der Waals surface area contributed by atoms with Gasteiger partial charge in [0, 0.05) is 52.6 Å². The lowest BCUT2D eigenvalue weighted by Gasteiger charge is -2.12. The molecule has 2 atom stereocenters. The van der Waals surface area contributed by atoms with Crippen LogP contribution in [-0.4, -0.2) is 57.3 Å². The minimum absolute atomic E-state index is 0.191. The van der Waals surface area contributed by atoms with Crippen molar-refractivity contribution < 1.29 is 13.7 Å². The number of nitrogens with one attached hydrogen (secondary N) is 3. The van der Waals surface area contributed by atoms with Crippen LogP contribution in [0.1, 0.15) is 69.3 Å². The van der Waals surface area contributed by atoms with E-state index in [1.807, 2.05) is 31.3 Å².